The van der Waals surface area contributed by atoms with Crippen LogP contribution in [0.5, 0.6) is 0 Å². The van der Waals surface area contributed by atoms with E-state index >= 15 is 0 Å². The molecule has 4 aromatic rings. The summed E-state index contributed by atoms with van der Waals surface area (Å²) in [6.07, 6.45) is 4.51. The molecule has 0 fully saturated rings. The number of benzene rings is 2. The first-order chi connectivity index (χ1) is 16.0. The van der Waals surface area contributed by atoms with Crippen molar-refractivity contribution in [2.75, 3.05) is 0 Å². The number of pyridine rings is 2. The Bertz CT molecular complexity index is 1200. The molecule has 0 aliphatic heterocycles. The third-order valence-corrected chi connectivity index (χ3v) is 5.45. The molecular weight excluding hydrogens is 404 g/mol. The van der Waals surface area contributed by atoms with Crippen molar-refractivity contribution in [1.29, 1.82) is 0 Å². The summed E-state index contributed by atoms with van der Waals surface area (Å²) in [7, 11) is 0. The van der Waals surface area contributed by atoms with E-state index in [2.05, 4.69) is 84.5 Å². The smallest absolute Gasteiger partial charge is 0.0844 e. The first-order valence-electron chi connectivity index (χ1n) is 11.1. The van der Waals surface area contributed by atoms with E-state index in [1.165, 1.54) is 22.3 Å². The van der Waals surface area contributed by atoms with Gasteiger partial charge in [-0.05, 0) is 105 Å². The van der Waals surface area contributed by atoms with Gasteiger partial charge in [0.05, 0.1) is 34.2 Å². The van der Waals surface area contributed by atoms with E-state index in [-0.39, 0.29) is 0 Å². The molecule has 0 aliphatic rings. The second-order valence-corrected chi connectivity index (χ2v) is 8.34. The Labute approximate surface area is 195 Å². The second-order valence-electron chi connectivity index (χ2n) is 8.34. The van der Waals surface area contributed by atoms with Gasteiger partial charge in [0.25, 0.3) is 0 Å². The van der Waals surface area contributed by atoms with Crippen LogP contribution in [0.4, 0.5) is 11.4 Å². The second kappa shape index (κ2) is 10.1. The standard InChI is InChI=1S/C29H28N4/c1-20-13-15-30-28(17-20)22(3)32-26-9-5-24(6-10-26)19-25-7-11-27(12-8-25)33-23(4)29-18-21(2)14-16-31-29/h5-18H,19H2,1-4H3. The molecule has 164 valence electrons. The first-order valence-corrected chi connectivity index (χ1v) is 11.1. The Hall–Kier alpha value is -3.92. The van der Waals surface area contributed by atoms with Crippen LogP contribution in [0.2, 0.25) is 0 Å². The number of rotatable bonds is 6. The third-order valence-electron chi connectivity index (χ3n) is 5.45. The summed E-state index contributed by atoms with van der Waals surface area (Å²) < 4.78 is 0. The van der Waals surface area contributed by atoms with Crippen LogP contribution in [0.15, 0.2) is 95.2 Å². The monoisotopic (exact) mass is 432 g/mol. The zero-order valence-electron chi connectivity index (χ0n) is 19.6. The van der Waals surface area contributed by atoms with Crippen molar-refractivity contribution >= 4 is 22.8 Å². The van der Waals surface area contributed by atoms with Crippen LogP contribution in [0.3, 0.4) is 0 Å². The summed E-state index contributed by atoms with van der Waals surface area (Å²) in [5.74, 6) is 0. The van der Waals surface area contributed by atoms with Gasteiger partial charge >= 0.3 is 0 Å². The highest BCUT2D eigenvalue weighted by Crippen LogP contribution is 2.20. The Kier molecular flexibility index (Phi) is 6.84. The molecule has 0 saturated heterocycles. The lowest BCUT2D eigenvalue weighted by Crippen LogP contribution is -1.98. The zero-order valence-corrected chi connectivity index (χ0v) is 19.6. The summed E-state index contributed by atoms with van der Waals surface area (Å²) in [4.78, 5) is 18.3. The molecular formula is C29H28N4. The Balaban J connectivity index is 1.42. The van der Waals surface area contributed by atoms with Gasteiger partial charge in [-0.1, -0.05) is 24.3 Å². The van der Waals surface area contributed by atoms with Crippen LogP contribution in [0, 0.1) is 13.8 Å². The number of aliphatic imine (C=N–C) groups is 2. The van der Waals surface area contributed by atoms with E-state index < -0.39 is 0 Å². The van der Waals surface area contributed by atoms with Gasteiger partial charge < -0.3 is 0 Å². The highest BCUT2D eigenvalue weighted by Gasteiger charge is 2.03. The largest absolute Gasteiger partial charge is 0.255 e. The minimum Gasteiger partial charge on any atom is -0.255 e. The van der Waals surface area contributed by atoms with Crippen LogP contribution < -0.4 is 0 Å². The number of hydrogen-bond acceptors (Lipinski definition) is 4. The molecule has 2 aromatic carbocycles. The van der Waals surface area contributed by atoms with Crippen LogP contribution in [0.25, 0.3) is 0 Å². The van der Waals surface area contributed by atoms with E-state index in [1.807, 2.05) is 38.4 Å². The van der Waals surface area contributed by atoms with Crippen molar-refractivity contribution in [2.45, 2.75) is 34.1 Å². The predicted octanol–water partition coefficient (Wildman–Crippen LogP) is 6.97. The fraction of sp³-hybridized carbons (Fsp3) is 0.172. The molecule has 2 heterocycles. The van der Waals surface area contributed by atoms with Gasteiger partial charge in [0, 0.05) is 12.4 Å². The molecule has 0 bridgehead atoms. The minimum absolute atomic E-state index is 0.866. The number of nitrogens with zero attached hydrogens (tertiary/aromatic N) is 4. The molecule has 0 saturated carbocycles. The summed E-state index contributed by atoms with van der Waals surface area (Å²) in [6, 6.07) is 24.9. The molecule has 2 aromatic heterocycles. The molecule has 0 spiro atoms. The maximum atomic E-state index is 4.72. The quantitative estimate of drug-likeness (QED) is 0.309. The van der Waals surface area contributed by atoms with Crippen LogP contribution in [-0.2, 0) is 6.42 Å². The lowest BCUT2D eigenvalue weighted by molar-refractivity contribution is 1.19. The summed E-state index contributed by atoms with van der Waals surface area (Å²) >= 11 is 0. The molecule has 0 radical (unpaired) electrons. The Morgan fingerprint density at radius 2 is 1.00 bits per heavy atom. The topological polar surface area (TPSA) is 50.5 Å². The van der Waals surface area contributed by atoms with Gasteiger partial charge in [0.15, 0.2) is 0 Å². The van der Waals surface area contributed by atoms with Crippen molar-refractivity contribution in [1.82, 2.24) is 9.97 Å². The SMILES string of the molecule is CC(=Nc1ccc(Cc2ccc(N=C(C)c3cc(C)ccn3)cc2)cc1)c1cc(C)ccn1. The van der Waals surface area contributed by atoms with E-state index in [9.17, 15) is 0 Å². The van der Waals surface area contributed by atoms with Gasteiger partial charge in [-0.2, -0.15) is 0 Å². The van der Waals surface area contributed by atoms with Crippen molar-refractivity contribution in [2.24, 2.45) is 9.98 Å². The Morgan fingerprint density at radius 1 is 0.606 bits per heavy atom. The fourth-order valence-corrected chi connectivity index (χ4v) is 3.58. The van der Waals surface area contributed by atoms with Crippen molar-refractivity contribution in [3.8, 4) is 0 Å². The van der Waals surface area contributed by atoms with Gasteiger partial charge in [0.2, 0.25) is 0 Å². The minimum atomic E-state index is 0.866. The molecule has 0 N–H and O–H groups in total. The molecule has 33 heavy (non-hydrogen) atoms. The molecule has 0 amide bonds. The molecule has 0 aliphatic carbocycles. The van der Waals surface area contributed by atoms with E-state index in [4.69, 9.17) is 9.98 Å². The maximum absolute atomic E-state index is 4.72. The molecule has 4 rings (SSSR count). The van der Waals surface area contributed by atoms with Crippen LogP contribution in [-0.4, -0.2) is 21.4 Å². The fourth-order valence-electron chi connectivity index (χ4n) is 3.58. The average molecular weight is 433 g/mol. The predicted molar refractivity (Wildman–Crippen MR) is 137 cm³/mol. The summed E-state index contributed by atoms with van der Waals surface area (Å²) in [5.41, 5.74) is 10.4. The zero-order chi connectivity index (χ0) is 23.2. The first kappa shape index (κ1) is 22.3. The molecule has 4 nitrogen and oxygen atoms in total. The molecule has 0 atom stereocenters. The van der Waals surface area contributed by atoms with Crippen molar-refractivity contribution < 1.29 is 0 Å². The van der Waals surface area contributed by atoms with Crippen molar-refractivity contribution in [3.63, 3.8) is 0 Å². The highest BCUT2D eigenvalue weighted by atomic mass is 14.8. The van der Waals surface area contributed by atoms with Crippen molar-refractivity contribution in [3.05, 3.63) is 119 Å². The number of aryl methyl sites for hydroxylation is 2. The average Bonchev–Trinajstić information content (AvgIpc) is 2.81. The third kappa shape index (κ3) is 6.07. The van der Waals surface area contributed by atoms with Crippen LogP contribution in [0.1, 0.15) is 47.5 Å². The summed E-state index contributed by atoms with van der Waals surface area (Å²) in [6.45, 7) is 8.12. The highest BCUT2D eigenvalue weighted by molar-refractivity contribution is 5.99. The van der Waals surface area contributed by atoms with E-state index in [1.54, 1.807) is 0 Å². The molecule has 4 heteroatoms. The van der Waals surface area contributed by atoms with Crippen LogP contribution >= 0.6 is 0 Å². The van der Waals surface area contributed by atoms with E-state index in [0.717, 1.165) is 40.6 Å². The van der Waals surface area contributed by atoms with Gasteiger partial charge in [-0.15, -0.1) is 0 Å². The maximum Gasteiger partial charge on any atom is 0.0844 e. The lowest BCUT2D eigenvalue weighted by atomic mass is 10.0. The number of hydrogen-bond donors (Lipinski definition) is 0. The van der Waals surface area contributed by atoms with Gasteiger partial charge in [-0.25, -0.2) is 0 Å². The van der Waals surface area contributed by atoms with E-state index in [0.29, 0.717) is 0 Å². The number of aromatic nitrogens is 2. The molecule has 0 unspecified atom stereocenters. The van der Waals surface area contributed by atoms with Gasteiger partial charge in [-0.3, -0.25) is 20.0 Å². The lowest BCUT2D eigenvalue weighted by Gasteiger charge is -2.05. The van der Waals surface area contributed by atoms with Gasteiger partial charge in [0.1, 0.15) is 0 Å². The summed E-state index contributed by atoms with van der Waals surface area (Å²) in [5, 5.41) is 0. The normalized spacial score (nSPS) is 12.1. The Morgan fingerprint density at radius 3 is 1.36 bits per heavy atom.